The predicted molar refractivity (Wildman–Crippen MR) is 322 cm³/mol. The van der Waals surface area contributed by atoms with Crippen molar-refractivity contribution in [3.05, 3.63) is 146 Å². The molecule has 0 rings (SSSR count). The molecule has 0 aromatic carbocycles. The van der Waals surface area contributed by atoms with Crippen molar-refractivity contribution in [1.82, 2.24) is 5.32 Å². The van der Waals surface area contributed by atoms with Crippen molar-refractivity contribution >= 4 is 19.7 Å². The summed E-state index contributed by atoms with van der Waals surface area (Å²) in [7, 11) is 1.40. The lowest BCUT2D eigenvalue weighted by Crippen LogP contribution is -2.47. The number of allylic oxidation sites excluding steroid dienone is 23. The summed E-state index contributed by atoms with van der Waals surface area (Å²) in [5.74, 6) is -0.685. The number of carbonyl (C=O) groups is 2. The van der Waals surface area contributed by atoms with Crippen LogP contribution in [-0.2, 0) is 27.9 Å². The molecule has 1 amide bonds. The summed E-state index contributed by atoms with van der Waals surface area (Å²) in [6, 6.07) is -0.919. The van der Waals surface area contributed by atoms with Crippen molar-refractivity contribution in [3.63, 3.8) is 0 Å². The zero-order chi connectivity index (χ0) is 55.0. The number of nitrogens with zero attached hydrogens (tertiary/aromatic N) is 1. The van der Waals surface area contributed by atoms with Crippen molar-refractivity contribution in [3.8, 4) is 0 Å². The van der Waals surface area contributed by atoms with Crippen molar-refractivity contribution in [2.24, 2.45) is 0 Å². The third kappa shape index (κ3) is 54.5. The van der Waals surface area contributed by atoms with Gasteiger partial charge in [0.25, 0.3) is 0 Å². The summed E-state index contributed by atoms with van der Waals surface area (Å²) in [4.78, 5) is 37.6. The van der Waals surface area contributed by atoms with E-state index < -0.39 is 25.9 Å². The van der Waals surface area contributed by atoms with Gasteiger partial charge in [0.15, 0.2) is 0 Å². The Hall–Kier alpha value is -4.11. The summed E-state index contributed by atoms with van der Waals surface area (Å²) >= 11 is 0. The van der Waals surface area contributed by atoms with E-state index in [0.717, 1.165) is 96.3 Å². The van der Waals surface area contributed by atoms with Gasteiger partial charge in [-0.2, -0.15) is 0 Å². The van der Waals surface area contributed by atoms with Crippen molar-refractivity contribution < 1.29 is 37.3 Å². The van der Waals surface area contributed by atoms with Crippen LogP contribution in [0.15, 0.2) is 146 Å². The van der Waals surface area contributed by atoms with E-state index in [0.29, 0.717) is 23.9 Å². The lowest BCUT2D eigenvalue weighted by atomic mass is 10.0. The Kier molecular flexibility index (Phi) is 50.4. The summed E-state index contributed by atoms with van der Waals surface area (Å²) < 4.78 is 30.5. The van der Waals surface area contributed by atoms with Gasteiger partial charge in [0.05, 0.1) is 33.8 Å². The summed E-state index contributed by atoms with van der Waals surface area (Å²) in [5.41, 5.74) is 0. The standard InChI is InChI=1S/C65H107N2O7P/c1-7-10-13-16-19-22-25-28-30-32-33-35-37-40-43-46-49-52-55-58-65(69)74-63(56-53-50-47-44-41-38-27-24-21-18-15-12-9-3)62(61-73-75(70,71)72-60-59-67(4,5)6)66-64(68)57-54-51-48-45-42-39-36-34-31-29-26-23-20-17-14-11-8-2/h10-11,13-14,19-20,22-23,28-31,33,35-36,39-40,43,45,48-49,52-53,56,62-63H,7-9,12,15-18,21,24-27,32,34,37-38,41-42,44,46-47,50-51,54-55,57-61H2,1-6H3,(H-,66,68,70,71)/p+1/b13-10-,14-11-,22-19-,23-20-,30-28-,31-29-,35-33-,39-36-,43-40-,48-45-,52-49-,56-53+. The molecule has 0 heterocycles. The molecule has 3 unspecified atom stereocenters. The number of quaternary nitrogens is 1. The maximum absolute atomic E-state index is 13.5. The third-order valence-corrected chi connectivity index (χ3v) is 12.8. The lowest BCUT2D eigenvalue weighted by molar-refractivity contribution is -0.870. The van der Waals surface area contributed by atoms with Gasteiger partial charge in [-0.25, -0.2) is 4.57 Å². The van der Waals surface area contributed by atoms with Crippen LogP contribution in [0.25, 0.3) is 0 Å². The fraction of sp³-hybridized carbons (Fsp3) is 0.600. The molecule has 0 aliphatic carbocycles. The number of amides is 1. The van der Waals surface area contributed by atoms with Crippen LogP contribution in [0.5, 0.6) is 0 Å². The number of phosphoric ester groups is 1. The Morgan fingerprint density at radius 3 is 1.29 bits per heavy atom. The van der Waals surface area contributed by atoms with E-state index >= 15 is 0 Å². The largest absolute Gasteiger partial charge is 0.472 e. The molecule has 0 fully saturated rings. The number of esters is 1. The maximum Gasteiger partial charge on any atom is 0.472 e. The van der Waals surface area contributed by atoms with Crippen LogP contribution in [0.1, 0.15) is 201 Å². The molecule has 424 valence electrons. The first-order chi connectivity index (χ1) is 36.4. The number of unbranched alkanes of at least 4 members (excludes halogenated alkanes) is 12. The van der Waals surface area contributed by atoms with Gasteiger partial charge in [-0.1, -0.05) is 225 Å². The van der Waals surface area contributed by atoms with E-state index in [1.807, 2.05) is 39.4 Å². The molecule has 0 aliphatic heterocycles. The smallest absolute Gasteiger partial charge is 0.456 e. The molecule has 0 aromatic heterocycles. The molecular weight excluding hydrogens is 952 g/mol. The van der Waals surface area contributed by atoms with Crippen LogP contribution >= 0.6 is 7.82 Å². The first-order valence-corrected chi connectivity index (χ1v) is 30.7. The Morgan fingerprint density at radius 1 is 0.480 bits per heavy atom. The highest BCUT2D eigenvalue weighted by molar-refractivity contribution is 7.47. The number of hydrogen-bond acceptors (Lipinski definition) is 6. The molecule has 9 nitrogen and oxygen atoms in total. The number of nitrogens with one attached hydrogen (secondary N) is 1. The predicted octanol–water partition coefficient (Wildman–Crippen LogP) is 17.9. The second-order valence-corrected chi connectivity index (χ2v) is 21.5. The quantitative estimate of drug-likeness (QED) is 0.0205. The number of ether oxygens (including phenoxy) is 1. The number of carbonyl (C=O) groups excluding carboxylic acids is 2. The molecule has 0 bridgehead atoms. The topological polar surface area (TPSA) is 111 Å². The highest BCUT2D eigenvalue weighted by Gasteiger charge is 2.30. The van der Waals surface area contributed by atoms with Crippen molar-refractivity contribution in [2.45, 2.75) is 213 Å². The molecule has 75 heavy (non-hydrogen) atoms. The van der Waals surface area contributed by atoms with Gasteiger partial charge in [-0.05, 0) is 109 Å². The van der Waals surface area contributed by atoms with Crippen LogP contribution in [0, 0.1) is 0 Å². The Balaban J connectivity index is 5.59. The highest BCUT2D eigenvalue weighted by Crippen LogP contribution is 2.43. The highest BCUT2D eigenvalue weighted by atomic mass is 31.2. The SMILES string of the molecule is CC/C=C\C/C=C\C/C=C\C/C=C\C/C=C\C/C=C\CCC(=O)OC(/C=C/CCCCCCCCCCCCC)C(COP(=O)(O)OCC[N+](C)(C)C)NC(=O)CCC/C=C\C/C=C\C/C=C\C/C=C\C/C=C\CC. The van der Waals surface area contributed by atoms with Gasteiger partial charge in [0.2, 0.25) is 5.91 Å². The van der Waals surface area contributed by atoms with Crippen LogP contribution in [-0.4, -0.2) is 74.3 Å². The third-order valence-electron chi connectivity index (χ3n) is 11.8. The molecule has 0 aliphatic rings. The van der Waals surface area contributed by atoms with Gasteiger partial charge in [0, 0.05) is 12.8 Å². The van der Waals surface area contributed by atoms with E-state index in [1.54, 1.807) is 6.08 Å². The first kappa shape index (κ1) is 70.9. The van der Waals surface area contributed by atoms with Gasteiger partial charge < -0.3 is 19.4 Å². The molecule has 2 N–H and O–H groups in total. The van der Waals surface area contributed by atoms with E-state index in [1.165, 1.54) is 57.8 Å². The minimum atomic E-state index is -4.49. The van der Waals surface area contributed by atoms with Crippen LogP contribution < -0.4 is 5.32 Å². The molecule has 0 saturated carbocycles. The van der Waals surface area contributed by atoms with Crippen LogP contribution in [0.3, 0.4) is 0 Å². The molecule has 0 aromatic rings. The lowest BCUT2D eigenvalue weighted by Gasteiger charge is -2.27. The monoisotopic (exact) mass is 1060 g/mol. The average Bonchev–Trinajstić information content (AvgIpc) is 3.37. The maximum atomic E-state index is 13.5. The number of likely N-dealkylation sites (N-methyl/N-ethyl adjacent to an activating group) is 1. The zero-order valence-corrected chi connectivity index (χ0v) is 49.1. The second kappa shape index (κ2) is 53.3. The molecule has 3 atom stereocenters. The summed E-state index contributed by atoms with van der Waals surface area (Å²) in [6.45, 7) is 6.66. The zero-order valence-electron chi connectivity index (χ0n) is 48.2. The molecule has 0 radical (unpaired) electrons. The van der Waals surface area contributed by atoms with Crippen LogP contribution in [0.4, 0.5) is 0 Å². The van der Waals surface area contributed by atoms with Gasteiger partial charge in [-0.15, -0.1) is 0 Å². The Labute approximate surface area is 459 Å². The van der Waals surface area contributed by atoms with E-state index in [4.69, 9.17) is 13.8 Å². The van der Waals surface area contributed by atoms with Gasteiger partial charge in [0.1, 0.15) is 19.3 Å². The molecular formula is C65H108N2O7P+. The van der Waals surface area contributed by atoms with Gasteiger partial charge in [-0.3, -0.25) is 18.6 Å². The van der Waals surface area contributed by atoms with Crippen molar-refractivity contribution in [2.75, 3.05) is 40.9 Å². The minimum absolute atomic E-state index is 0.00990. The fourth-order valence-corrected chi connectivity index (χ4v) is 8.09. The number of rotatable bonds is 50. The van der Waals surface area contributed by atoms with E-state index in [-0.39, 0.29) is 32.0 Å². The van der Waals surface area contributed by atoms with E-state index in [2.05, 4.69) is 148 Å². The minimum Gasteiger partial charge on any atom is -0.456 e. The molecule has 0 spiro atoms. The molecule has 0 saturated heterocycles. The first-order valence-electron chi connectivity index (χ1n) is 29.2. The summed E-state index contributed by atoms with van der Waals surface area (Å²) in [5, 5.41) is 2.99. The summed E-state index contributed by atoms with van der Waals surface area (Å²) in [6.07, 6.45) is 77.3. The number of phosphoric acid groups is 1. The van der Waals surface area contributed by atoms with Crippen molar-refractivity contribution in [1.29, 1.82) is 0 Å². The normalized spacial score (nSPS) is 14.8. The average molecular weight is 1060 g/mol. The van der Waals surface area contributed by atoms with Gasteiger partial charge >= 0.3 is 13.8 Å². The Morgan fingerprint density at radius 2 is 0.867 bits per heavy atom. The molecule has 10 heteroatoms. The number of hydrogen-bond donors (Lipinski definition) is 2. The van der Waals surface area contributed by atoms with E-state index in [9.17, 15) is 19.0 Å². The Bertz CT molecular complexity index is 1790. The fourth-order valence-electron chi connectivity index (χ4n) is 7.35. The second-order valence-electron chi connectivity index (χ2n) is 20.0. The van der Waals surface area contributed by atoms with Crippen LogP contribution in [0.2, 0.25) is 0 Å².